The van der Waals surface area contributed by atoms with E-state index >= 15 is 0 Å². The Kier molecular flexibility index (Phi) is 14.8. The van der Waals surface area contributed by atoms with Crippen molar-refractivity contribution < 1.29 is 34.7 Å². The van der Waals surface area contributed by atoms with Crippen LogP contribution < -0.4 is 14.8 Å². The molecule has 4 aromatic carbocycles. The van der Waals surface area contributed by atoms with Crippen molar-refractivity contribution in [3.05, 3.63) is 119 Å². The van der Waals surface area contributed by atoms with Crippen LogP contribution in [-0.4, -0.2) is 105 Å². The van der Waals surface area contributed by atoms with Crippen LogP contribution in [0.1, 0.15) is 43.0 Å². The number of alkyl halides is 3. The van der Waals surface area contributed by atoms with Crippen LogP contribution in [0.15, 0.2) is 112 Å². The number of anilines is 2. The van der Waals surface area contributed by atoms with Crippen molar-refractivity contribution in [1.82, 2.24) is 24.7 Å². The molecule has 64 heavy (non-hydrogen) atoms. The number of piperidine rings is 1. The number of ether oxygens (including phenoxy) is 1. The lowest BCUT2D eigenvalue weighted by Crippen LogP contribution is -2.46. The number of hydrogen-bond donors (Lipinski definition) is 2. The van der Waals surface area contributed by atoms with E-state index in [1.165, 1.54) is 6.33 Å². The molecule has 0 saturated carbocycles. The zero-order chi connectivity index (χ0) is 45.8. The van der Waals surface area contributed by atoms with Crippen LogP contribution in [0.5, 0.6) is 5.75 Å². The lowest BCUT2D eigenvalue weighted by atomic mass is 9.96. The van der Waals surface area contributed by atoms with E-state index in [4.69, 9.17) is 16.3 Å². The molecule has 0 amide bonds. The molecular weight excluding hydrogens is 907 g/mol. The van der Waals surface area contributed by atoms with Crippen LogP contribution in [-0.2, 0) is 39.4 Å². The van der Waals surface area contributed by atoms with E-state index in [1.54, 1.807) is 25.8 Å². The Morgan fingerprint density at radius 2 is 1.66 bits per heavy atom. The van der Waals surface area contributed by atoms with Crippen LogP contribution >= 0.6 is 23.4 Å². The molecule has 2 unspecified atom stereocenters. The first-order chi connectivity index (χ1) is 30.4. The maximum absolute atomic E-state index is 14.1. The van der Waals surface area contributed by atoms with Gasteiger partial charge >= 0.3 is 5.51 Å². The molecule has 2 N–H and O–H groups in total. The van der Waals surface area contributed by atoms with Crippen molar-refractivity contribution in [3.63, 3.8) is 0 Å². The number of likely N-dealkylation sites (tertiary alicyclic amines) is 1. The fourth-order valence-electron chi connectivity index (χ4n) is 8.17. The van der Waals surface area contributed by atoms with Gasteiger partial charge in [0.25, 0.3) is 19.9 Å². The fourth-order valence-corrected chi connectivity index (χ4v) is 11.6. The summed E-state index contributed by atoms with van der Waals surface area (Å²) in [6, 6.07) is 25.9. The molecular formula is C45H51ClF3N7O5S3. The van der Waals surface area contributed by atoms with Crippen molar-refractivity contribution in [2.45, 2.75) is 83.3 Å². The van der Waals surface area contributed by atoms with Crippen LogP contribution in [0.25, 0.3) is 11.1 Å². The van der Waals surface area contributed by atoms with Gasteiger partial charge < -0.3 is 10.1 Å². The highest BCUT2D eigenvalue weighted by molar-refractivity contribution is 7.99. The van der Waals surface area contributed by atoms with Crippen molar-refractivity contribution >= 4 is 54.7 Å². The number of benzene rings is 4. The van der Waals surface area contributed by atoms with E-state index in [2.05, 4.69) is 41.9 Å². The van der Waals surface area contributed by atoms with Crippen LogP contribution in [0.2, 0.25) is 5.02 Å². The summed E-state index contributed by atoms with van der Waals surface area (Å²) in [4.78, 5) is 14.6. The number of rotatable bonds is 16. The summed E-state index contributed by atoms with van der Waals surface area (Å²) in [6.45, 7) is 5.27. The minimum Gasteiger partial charge on any atom is -0.497 e. The Bertz CT molecular complexity index is 2640. The Labute approximate surface area is 382 Å². The number of hydrogen-bond acceptors (Lipinski definition) is 12. The van der Waals surface area contributed by atoms with Crippen molar-refractivity contribution in [3.8, 4) is 16.9 Å². The molecule has 2 aliphatic rings. The van der Waals surface area contributed by atoms with Gasteiger partial charge in [-0.2, -0.15) is 13.2 Å². The van der Waals surface area contributed by atoms with E-state index in [9.17, 15) is 30.0 Å². The molecule has 19 heteroatoms. The van der Waals surface area contributed by atoms with Gasteiger partial charge in [0.2, 0.25) is 0 Å². The van der Waals surface area contributed by atoms with Crippen LogP contribution in [0.3, 0.4) is 0 Å². The Hall–Kier alpha value is -4.43. The van der Waals surface area contributed by atoms with E-state index in [0.717, 1.165) is 71.9 Å². The molecule has 5 aromatic rings. The molecule has 1 fully saturated rings. The summed E-state index contributed by atoms with van der Waals surface area (Å²) in [6.07, 6.45) is 3.91. The molecule has 3 heterocycles. The second-order valence-electron chi connectivity index (χ2n) is 16.2. The zero-order valence-electron chi connectivity index (χ0n) is 35.8. The van der Waals surface area contributed by atoms with Crippen molar-refractivity contribution in [1.29, 1.82) is 0 Å². The Morgan fingerprint density at radius 1 is 0.938 bits per heavy atom. The van der Waals surface area contributed by atoms with Gasteiger partial charge in [-0.15, -0.1) is 11.8 Å². The van der Waals surface area contributed by atoms with E-state index < -0.39 is 41.2 Å². The summed E-state index contributed by atoms with van der Waals surface area (Å²) in [7, 11) is -5.20. The number of nitrogens with one attached hydrogen (secondary N) is 2. The van der Waals surface area contributed by atoms with E-state index in [1.807, 2.05) is 79.7 Å². The minimum atomic E-state index is -5.98. The number of sulfone groups is 1. The number of fused-ring (bicyclic) bond motifs is 1. The Morgan fingerprint density at radius 3 is 2.33 bits per heavy atom. The minimum absolute atomic E-state index is 0.00375. The highest BCUT2D eigenvalue weighted by Gasteiger charge is 2.48. The largest absolute Gasteiger partial charge is 0.501 e. The molecule has 0 aliphatic carbocycles. The maximum Gasteiger partial charge on any atom is 0.501 e. The highest BCUT2D eigenvalue weighted by atomic mass is 35.5. The molecule has 342 valence electrons. The summed E-state index contributed by atoms with van der Waals surface area (Å²) in [5, 5.41) is 3.47. The number of thioether (sulfide) groups is 1. The predicted molar refractivity (Wildman–Crippen MR) is 246 cm³/mol. The molecule has 0 spiro atoms. The van der Waals surface area contributed by atoms with E-state index in [-0.39, 0.29) is 22.9 Å². The average Bonchev–Trinajstić information content (AvgIpc) is 3.26. The van der Waals surface area contributed by atoms with E-state index in [0.29, 0.717) is 48.3 Å². The van der Waals surface area contributed by atoms with Gasteiger partial charge in [0.05, 0.1) is 28.8 Å². The molecule has 1 saturated heterocycles. The Balaban J connectivity index is 1.03. The first kappa shape index (κ1) is 47.5. The second kappa shape index (κ2) is 20.0. The van der Waals surface area contributed by atoms with Gasteiger partial charge in [-0.3, -0.25) is 19.4 Å². The smallest absolute Gasteiger partial charge is 0.497 e. The van der Waals surface area contributed by atoms with Gasteiger partial charge in [-0.05, 0) is 131 Å². The maximum atomic E-state index is 14.1. The monoisotopic (exact) mass is 957 g/mol. The molecule has 2 atom stereocenters. The molecule has 7 rings (SSSR count). The summed E-state index contributed by atoms with van der Waals surface area (Å²) >= 11 is 7.72. The summed E-state index contributed by atoms with van der Waals surface area (Å²) in [5.74, 6) is 0.785. The topological polar surface area (TPSA) is 137 Å². The zero-order valence-corrected chi connectivity index (χ0v) is 39.1. The average molecular weight is 959 g/mol. The van der Waals surface area contributed by atoms with Gasteiger partial charge in [0, 0.05) is 47.2 Å². The quantitative estimate of drug-likeness (QED) is 0.0723. The predicted octanol–water partition coefficient (Wildman–Crippen LogP) is 8.79. The first-order valence-corrected chi connectivity index (χ1v) is 25.0. The van der Waals surface area contributed by atoms with Crippen molar-refractivity contribution in [2.24, 2.45) is 0 Å². The van der Waals surface area contributed by atoms with Crippen LogP contribution in [0.4, 0.5) is 24.7 Å². The number of nitrogens with zero attached hydrogens (tertiary/aromatic N) is 5. The van der Waals surface area contributed by atoms with Crippen LogP contribution in [0, 0.1) is 0 Å². The SMILES string of the molecule is COc1ccc(-c2ccc(Cl)cc2)c(CN2CCC(N3CCc4c(ncnc4NS(=O)(=O)c4ccc(NC(C)CC(Sc5ccccc5)N(C)C)c(S(=O)(=O)C(F)(F)F)c4)C3)CC2)c1. The van der Waals surface area contributed by atoms with Gasteiger partial charge in [-0.1, -0.05) is 48.0 Å². The normalized spacial score (nSPS) is 16.6. The lowest BCUT2D eigenvalue weighted by molar-refractivity contribution is -0.0435. The van der Waals surface area contributed by atoms with Gasteiger partial charge in [0.1, 0.15) is 22.8 Å². The first-order valence-electron chi connectivity index (χ1n) is 20.8. The molecule has 0 radical (unpaired) electrons. The summed E-state index contributed by atoms with van der Waals surface area (Å²) < 4.78 is 104. The van der Waals surface area contributed by atoms with Gasteiger partial charge in [-0.25, -0.2) is 26.8 Å². The third kappa shape index (κ3) is 11.1. The third-order valence-electron chi connectivity index (χ3n) is 11.6. The molecule has 0 bridgehead atoms. The molecule has 12 nitrogen and oxygen atoms in total. The highest BCUT2D eigenvalue weighted by Crippen LogP contribution is 2.38. The standard InChI is InChI=1S/C45H51ClF3N7O5S3/c1-30(24-43(54(2)3)62-36-8-6-5-7-9-36)52-40-17-15-37(26-42(40)63(57,58)45(47,48)49)64(59,60)53-44-39-20-23-56(28-41(39)50-29-51-44)34-18-21-55(22-19-34)27-32-25-35(61-4)14-16-38(32)31-10-12-33(46)13-11-31/h5-17,25-26,29-30,34,43,52H,18-24,27-28H2,1-4H3,(H,50,51,53). The molecule has 1 aromatic heterocycles. The second-order valence-corrected chi connectivity index (χ2v) is 21.5. The molecule has 2 aliphatic heterocycles. The number of methoxy groups -OCH3 is 1. The van der Waals surface area contributed by atoms with Gasteiger partial charge in [0.15, 0.2) is 0 Å². The fraction of sp³-hybridized carbons (Fsp3) is 0.378. The number of sulfonamides is 1. The number of aromatic nitrogens is 2. The lowest BCUT2D eigenvalue weighted by Gasteiger charge is -2.40. The summed E-state index contributed by atoms with van der Waals surface area (Å²) in [5.41, 5.74) is -1.49. The third-order valence-corrected chi connectivity index (χ3v) is 16.2. The number of halogens is 4. The van der Waals surface area contributed by atoms with Crippen molar-refractivity contribution in [2.75, 3.05) is 50.9 Å².